The van der Waals surface area contributed by atoms with E-state index >= 15 is 0 Å². The van der Waals surface area contributed by atoms with Crippen LogP contribution >= 0.6 is 0 Å². The number of aryl methyl sites for hydroxylation is 1. The summed E-state index contributed by atoms with van der Waals surface area (Å²) in [6.45, 7) is 2.40. The van der Waals surface area contributed by atoms with E-state index in [1.807, 2.05) is 48.9 Å². The molecule has 0 aliphatic carbocycles. The molecule has 0 saturated heterocycles. The zero-order valence-corrected chi connectivity index (χ0v) is 11.0. The molecule has 19 heavy (non-hydrogen) atoms. The summed E-state index contributed by atoms with van der Waals surface area (Å²) in [5, 5.41) is 10.5. The second-order valence-electron chi connectivity index (χ2n) is 4.14. The quantitative estimate of drug-likeness (QED) is 0.905. The van der Waals surface area contributed by atoms with Crippen LogP contribution in [0, 0.1) is 6.92 Å². The minimum atomic E-state index is -0.468. The normalized spacial score (nSPS) is 10.2. The van der Waals surface area contributed by atoms with Gasteiger partial charge in [0.05, 0.1) is 6.54 Å². The van der Waals surface area contributed by atoms with Crippen LogP contribution in [0.2, 0.25) is 0 Å². The lowest BCUT2D eigenvalue weighted by Gasteiger charge is -2.06. The highest BCUT2D eigenvalue weighted by atomic mass is 16.5. The summed E-state index contributed by atoms with van der Waals surface area (Å²) >= 11 is 0. The number of carbonyl (C=O) groups excluding carboxylic acids is 1. The van der Waals surface area contributed by atoms with Gasteiger partial charge in [-0.3, -0.25) is 0 Å². The van der Waals surface area contributed by atoms with Gasteiger partial charge in [-0.2, -0.15) is 0 Å². The highest BCUT2D eigenvalue weighted by molar-refractivity contribution is 5.67. The second kappa shape index (κ2) is 5.99. The molecule has 0 aliphatic rings. The van der Waals surface area contributed by atoms with Crippen LogP contribution < -0.4 is 5.32 Å². The summed E-state index contributed by atoms with van der Waals surface area (Å²) in [6, 6.07) is 9.52. The van der Waals surface area contributed by atoms with E-state index in [9.17, 15) is 4.79 Å². The molecule has 1 aromatic heterocycles. The number of ether oxygens (including phenoxy) is 1. The first kappa shape index (κ1) is 13.1. The fraction of sp³-hybridized carbons (Fsp3) is 0.308. The Hall–Kier alpha value is -2.37. The molecule has 2 rings (SSSR count). The zero-order chi connectivity index (χ0) is 13.7. The number of carbonyl (C=O) groups is 1. The lowest BCUT2D eigenvalue weighted by molar-refractivity contribution is 0.138. The molecule has 1 aromatic carbocycles. The average molecular weight is 260 g/mol. The van der Waals surface area contributed by atoms with E-state index in [0.29, 0.717) is 12.4 Å². The maximum atomic E-state index is 11.5. The monoisotopic (exact) mass is 260 g/mol. The number of aromatic nitrogens is 3. The standard InChI is InChI=1S/C13H16N4O2/c1-10-15-16-12(17(10)2)8-14-13(18)19-9-11-6-4-3-5-7-11/h3-7H,8-9H2,1-2H3,(H,14,18). The summed E-state index contributed by atoms with van der Waals surface area (Å²) < 4.78 is 6.91. The van der Waals surface area contributed by atoms with E-state index in [2.05, 4.69) is 15.5 Å². The second-order valence-corrected chi connectivity index (χ2v) is 4.14. The number of nitrogens with one attached hydrogen (secondary N) is 1. The zero-order valence-electron chi connectivity index (χ0n) is 11.0. The van der Waals surface area contributed by atoms with Crippen molar-refractivity contribution in [3.05, 3.63) is 47.5 Å². The van der Waals surface area contributed by atoms with Gasteiger partial charge < -0.3 is 14.6 Å². The molecular formula is C13H16N4O2. The number of amides is 1. The third-order valence-electron chi connectivity index (χ3n) is 2.79. The molecule has 0 fully saturated rings. The van der Waals surface area contributed by atoms with Crippen LogP contribution in [0.4, 0.5) is 4.79 Å². The van der Waals surface area contributed by atoms with Crippen molar-refractivity contribution in [3.63, 3.8) is 0 Å². The van der Waals surface area contributed by atoms with Crippen molar-refractivity contribution in [2.45, 2.75) is 20.1 Å². The molecule has 1 amide bonds. The predicted octanol–water partition coefficient (Wildman–Crippen LogP) is 1.55. The van der Waals surface area contributed by atoms with Crippen molar-refractivity contribution in [1.29, 1.82) is 0 Å². The highest BCUT2D eigenvalue weighted by Gasteiger charge is 2.07. The van der Waals surface area contributed by atoms with Gasteiger partial charge in [0.1, 0.15) is 12.4 Å². The first-order valence-electron chi connectivity index (χ1n) is 5.96. The molecule has 0 spiro atoms. The number of hydrogen-bond acceptors (Lipinski definition) is 4. The molecular weight excluding hydrogens is 244 g/mol. The van der Waals surface area contributed by atoms with Crippen LogP contribution in [0.5, 0.6) is 0 Å². The van der Waals surface area contributed by atoms with Gasteiger partial charge in [-0.1, -0.05) is 30.3 Å². The lowest BCUT2D eigenvalue weighted by atomic mass is 10.2. The first-order valence-corrected chi connectivity index (χ1v) is 5.96. The Morgan fingerprint density at radius 2 is 2.05 bits per heavy atom. The molecule has 1 N–H and O–H groups in total. The van der Waals surface area contributed by atoms with Gasteiger partial charge in [0.2, 0.25) is 0 Å². The molecule has 100 valence electrons. The number of hydrogen-bond donors (Lipinski definition) is 1. The van der Waals surface area contributed by atoms with Gasteiger partial charge in [-0.05, 0) is 12.5 Å². The van der Waals surface area contributed by atoms with Crippen molar-refractivity contribution >= 4 is 6.09 Å². The summed E-state index contributed by atoms with van der Waals surface area (Å²) in [6.07, 6.45) is -0.468. The lowest BCUT2D eigenvalue weighted by Crippen LogP contribution is -2.25. The molecule has 0 saturated carbocycles. The Labute approximate surface area is 111 Å². The molecule has 0 unspecified atom stereocenters. The van der Waals surface area contributed by atoms with E-state index < -0.39 is 6.09 Å². The molecule has 0 radical (unpaired) electrons. The smallest absolute Gasteiger partial charge is 0.407 e. The van der Waals surface area contributed by atoms with Gasteiger partial charge in [0.15, 0.2) is 5.82 Å². The van der Waals surface area contributed by atoms with Crippen LogP contribution in [0.1, 0.15) is 17.2 Å². The number of rotatable bonds is 4. The van der Waals surface area contributed by atoms with E-state index in [0.717, 1.165) is 11.4 Å². The van der Waals surface area contributed by atoms with Crippen molar-refractivity contribution in [2.75, 3.05) is 0 Å². The summed E-state index contributed by atoms with van der Waals surface area (Å²) in [4.78, 5) is 11.5. The van der Waals surface area contributed by atoms with E-state index in [1.165, 1.54) is 0 Å². The Balaban J connectivity index is 1.78. The van der Waals surface area contributed by atoms with Crippen LogP contribution in [0.3, 0.4) is 0 Å². The first-order chi connectivity index (χ1) is 9.16. The molecule has 0 bridgehead atoms. The molecule has 2 aromatic rings. The minimum Gasteiger partial charge on any atom is -0.445 e. The fourth-order valence-corrected chi connectivity index (χ4v) is 1.53. The molecule has 0 aliphatic heterocycles. The van der Waals surface area contributed by atoms with Crippen molar-refractivity contribution in [2.24, 2.45) is 7.05 Å². The van der Waals surface area contributed by atoms with Crippen LogP contribution in [0.25, 0.3) is 0 Å². The third kappa shape index (κ3) is 3.54. The molecule has 6 heteroatoms. The van der Waals surface area contributed by atoms with E-state index in [4.69, 9.17) is 4.74 Å². The minimum absolute atomic E-state index is 0.254. The van der Waals surface area contributed by atoms with Gasteiger partial charge >= 0.3 is 6.09 Å². The molecule has 1 heterocycles. The Morgan fingerprint density at radius 1 is 1.32 bits per heavy atom. The number of nitrogens with zero attached hydrogens (tertiary/aromatic N) is 3. The van der Waals surface area contributed by atoms with Crippen LogP contribution in [-0.2, 0) is 24.9 Å². The van der Waals surface area contributed by atoms with Crippen molar-refractivity contribution in [3.8, 4) is 0 Å². The van der Waals surface area contributed by atoms with E-state index in [-0.39, 0.29) is 6.61 Å². The van der Waals surface area contributed by atoms with E-state index in [1.54, 1.807) is 0 Å². The maximum absolute atomic E-state index is 11.5. The highest BCUT2D eigenvalue weighted by Crippen LogP contribution is 2.01. The number of alkyl carbamates (subject to hydrolysis) is 1. The van der Waals surface area contributed by atoms with Gasteiger partial charge in [-0.25, -0.2) is 4.79 Å². The summed E-state index contributed by atoms with van der Waals surface area (Å²) in [7, 11) is 1.85. The summed E-state index contributed by atoms with van der Waals surface area (Å²) in [5.74, 6) is 1.49. The van der Waals surface area contributed by atoms with Gasteiger partial charge in [0.25, 0.3) is 0 Å². The number of benzene rings is 1. The Kier molecular flexibility index (Phi) is 4.12. The summed E-state index contributed by atoms with van der Waals surface area (Å²) in [5.41, 5.74) is 0.951. The van der Waals surface area contributed by atoms with Crippen molar-refractivity contribution < 1.29 is 9.53 Å². The van der Waals surface area contributed by atoms with Crippen molar-refractivity contribution in [1.82, 2.24) is 20.1 Å². The Morgan fingerprint density at radius 3 is 2.68 bits per heavy atom. The topological polar surface area (TPSA) is 69.0 Å². The van der Waals surface area contributed by atoms with Crippen LogP contribution in [0.15, 0.2) is 30.3 Å². The largest absolute Gasteiger partial charge is 0.445 e. The maximum Gasteiger partial charge on any atom is 0.407 e. The van der Waals surface area contributed by atoms with Gasteiger partial charge in [0, 0.05) is 7.05 Å². The van der Waals surface area contributed by atoms with Gasteiger partial charge in [-0.15, -0.1) is 10.2 Å². The SMILES string of the molecule is Cc1nnc(CNC(=O)OCc2ccccc2)n1C. The molecule has 6 nitrogen and oxygen atoms in total. The fourth-order valence-electron chi connectivity index (χ4n) is 1.53. The Bertz CT molecular complexity index is 551. The van der Waals surface area contributed by atoms with Crippen LogP contribution in [-0.4, -0.2) is 20.9 Å². The predicted molar refractivity (Wildman–Crippen MR) is 69.2 cm³/mol. The average Bonchev–Trinajstić information content (AvgIpc) is 2.75. The molecule has 0 atom stereocenters. The third-order valence-corrected chi connectivity index (χ3v) is 2.79.